The van der Waals surface area contributed by atoms with E-state index < -0.39 is 0 Å². The minimum Gasteiger partial charge on any atom is -0.330 e. The zero-order valence-electron chi connectivity index (χ0n) is 22.7. The minimum atomic E-state index is 0.794. The molecular weight excluding hydrogens is 400 g/mol. The normalized spacial score (nSPS) is 11.6. The monoisotopic (exact) mass is 460 g/mol. The van der Waals surface area contributed by atoms with E-state index in [1.165, 1.54) is 65.0 Å². The third-order valence-electron chi connectivity index (χ3n) is 5.58. The van der Waals surface area contributed by atoms with Crippen LogP contribution >= 0.6 is 0 Å². The minimum absolute atomic E-state index is 0.794. The van der Waals surface area contributed by atoms with Crippen molar-refractivity contribution in [3.63, 3.8) is 0 Å². The van der Waals surface area contributed by atoms with Crippen molar-refractivity contribution >= 4 is 0 Å². The number of hydrogen-bond acceptors (Lipinski definition) is 8. The van der Waals surface area contributed by atoms with Crippen LogP contribution in [0.4, 0.5) is 0 Å². The summed E-state index contributed by atoms with van der Waals surface area (Å²) in [5.74, 6) is 0. The van der Waals surface area contributed by atoms with Gasteiger partial charge in [-0.2, -0.15) is 0 Å². The first kappa shape index (κ1) is 33.9. The summed E-state index contributed by atoms with van der Waals surface area (Å²) in [5, 5.41) is 6.30. The lowest BCUT2D eigenvalue weighted by Crippen LogP contribution is -2.30. The van der Waals surface area contributed by atoms with Crippen LogP contribution in [0, 0.1) is 0 Å². The van der Waals surface area contributed by atoms with Crippen molar-refractivity contribution in [2.24, 2.45) is 11.5 Å². The summed E-state index contributed by atoms with van der Waals surface area (Å²) in [4.78, 5) is 9.57. The van der Waals surface area contributed by atoms with E-state index in [0.717, 1.165) is 52.1 Å². The second-order valence-electron chi connectivity index (χ2n) is 9.12. The van der Waals surface area contributed by atoms with Crippen molar-refractivity contribution in [2.75, 3.05) is 121 Å². The van der Waals surface area contributed by atoms with Crippen molar-refractivity contribution in [1.82, 2.24) is 30.2 Å². The van der Waals surface area contributed by atoms with E-state index in [1.807, 2.05) is 14.1 Å². The Hall–Kier alpha value is -0.320. The molecule has 196 valence electrons. The van der Waals surface area contributed by atoms with E-state index in [-0.39, 0.29) is 0 Å². The SMILES string of the molecule is CN(CCCN)CCCN(C)CCCN(C)CCCN.CNCCCN(C)CCCNC. The van der Waals surface area contributed by atoms with Crippen LogP contribution in [0.1, 0.15) is 38.5 Å². The van der Waals surface area contributed by atoms with Crippen LogP contribution in [0.15, 0.2) is 0 Å². The van der Waals surface area contributed by atoms with Gasteiger partial charge in [0.2, 0.25) is 0 Å². The number of nitrogens with two attached hydrogens (primary N) is 2. The van der Waals surface area contributed by atoms with Gasteiger partial charge in [0.05, 0.1) is 0 Å². The van der Waals surface area contributed by atoms with Gasteiger partial charge < -0.3 is 41.7 Å². The van der Waals surface area contributed by atoms with Gasteiger partial charge in [-0.3, -0.25) is 0 Å². The fourth-order valence-corrected chi connectivity index (χ4v) is 3.44. The summed E-state index contributed by atoms with van der Waals surface area (Å²) in [6.07, 6.45) is 7.16. The van der Waals surface area contributed by atoms with Gasteiger partial charge in [0.15, 0.2) is 0 Å². The van der Waals surface area contributed by atoms with Gasteiger partial charge >= 0.3 is 0 Å². The molecule has 0 radical (unpaired) electrons. The first-order valence-corrected chi connectivity index (χ1v) is 12.8. The van der Waals surface area contributed by atoms with Crippen molar-refractivity contribution in [1.29, 1.82) is 0 Å². The Bertz CT molecular complexity index is 316. The standard InChI is InChI=1S/C15H37N5.C9H23N3/c1-18(10-4-8-16)12-6-14-20(3)15-7-13-19(2)11-5-9-17;1-10-6-4-8-12(3)9-5-7-11-2/h4-17H2,1-3H3;10-11H,4-9H2,1-3H3. The molecule has 6 N–H and O–H groups in total. The average molecular weight is 461 g/mol. The van der Waals surface area contributed by atoms with Crippen LogP contribution in [0.3, 0.4) is 0 Å². The van der Waals surface area contributed by atoms with Crippen molar-refractivity contribution in [2.45, 2.75) is 38.5 Å². The first-order valence-electron chi connectivity index (χ1n) is 12.8. The molecule has 0 saturated carbocycles. The average Bonchev–Trinajstić information content (AvgIpc) is 2.77. The molecule has 0 aliphatic rings. The molecule has 0 aromatic carbocycles. The quantitative estimate of drug-likeness (QED) is 0.173. The molecule has 0 heterocycles. The fourth-order valence-electron chi connectivity index (χ4n) is 3.44. The number of rotatable bonds is 22. The Morgan fingerprint density at radius 2 is 0.688 bits per heavy atom. The maximum atomic E-state index is 5.52. The Labute approximate surface area is 201 Å². The lowest BCUT2D eigenvalue weighted by Gasteiger charge is -2.21. The van der Waals surface area contributed by atoms with Gasteiger partial charge in [0, 0.05) is 0 Å². The van der Waals surface area contributed by atoms with Crippen LogP contribution in [-0.2, 0) is 0 Å². The Kier molecular flexibility index (Phi) is 28.5. The number of hydrogen-bond donors (Lipinski definition) is 4. The molecule has 0 unspecified atom stereocenters. The summed E-state index contributed by atoms with van der Waals surface area (Å²) in [5.41, 5.74) is 11.0. The van der Waals surface area contributed by atoms with Gasteiger partial charge in [-0.1, -0.05) is 0 Å². The molecule has 0 atom stereocenters. The van der Waals surface area contributed by atoms with Crippen molar-refractivity contribution in [3.05, 3.63) is 0 Å². The molecule has 0 aromatic heterocycles. The maximum absolute atomic E-state index is 5.52. The topological polar surface area (TPSA) is 89.1 Å². The lowest BCUT2D eigenvalue weighted by atomic mass is 10.3. The van der Waals surface area contributed by atoms with Crippen LogP contribution in [0.2, 0.25) is 0 Å². The molecule has 32 heavy (non-hydrogen) atoms. The molecule has 0 rings (SSSR count). The third kappa shape index (κ3) is 27.7. The van der Waals surface area contributed by atoms with E-state index in [1.54, 1.807) is 0 Å². The Morgan fingerprint density at radius 3 is 0.938 bits per heavy atom. The zero-order valence-corrected chi connectivity index (χ0v) is 22.7. The second-order valence-corrected chi connectivity index (χ2v) is 9.12. The Morgan fingerprint density at radius 1 is 0.438 bits per heavy atom. The highest BCUT2D eigenvalue weighted by Gasteiger charge is 2.03. The number of nitrogens with one attached hydrogen (secondary N) is 2. The molecular formula is C24H60N8. The van der Waals surface area contributed by atoms with E-state index in [9.17, 15) is 0 Å². The molecule has 8 nitrogen and oxygen atoms in total. The summed E-state index contributed by atoms with van der Waals surface area (Å²) in [6.45, 7) is 13.2. The molecule has 8 heteroatoms. The summed E-state index contributed by atoms with van der Waals surface area (Å²) in [7, 11) is 12.8. The van der Waals surface area contributed by atoms with Gasteiger partial charge in [-0.05, 0) is 159 Å². The van der Waals surface area contributed by atoms with Gasteiger partial charge in [-0.25, -0.2) is 0 Å². The molecule has 0 spiro atoms. The van der Waals surface area contributed by atoms with E-state index in [0.29, 0.717) is 0 Å². The van der Waals surface area contributed by atoms with Crippen LogP contribution in [-0.4, -0.2) is 140 Å². The maximum Gasteiger partial charge on any atom is -0.000959 e. The van der Waals surface area contributed by atoms with Crippen molar-refractivity contribution in [3.8, 4) is 0 Å². The van der Waals surface area contributed by atoms with E-state index in [2.05, 4.69) is 58.4 Å². The Balaban J connectivity index is 0. The lowest BCUT2D eigenvalue weighted by molar-refractivity contribution is 0.256. The smallest absolute Gasteiger partial charge is 0.000959 e. The predicted octanol–water partition coefficient (Wildman–Crippen LogP) is 0.397. The molecule has 0 bridgehead atoms. The molecule has 0 aliphatic carbocycles. The highest BCUT2D eigenvalue weighted by molar-refractivity contribution is 4.59. The molecule has 0 fully saturated rings. The van der Waals surface area contributed by atoms with Crippen LogP contribution < -0.4 is 22.1 Å². The van der Waals surface area contributed by atoms with Gasteiger partial charge in [0.25, 0.3) is 0 Å². The summed E-state index contributed by atoms with van der Waals surface area (Å²) in [6, 6.07) is 0. The number of nitrogens with zero attached hydrogens (tertiary/aromatic N) is 4. The highest BCUT2D eigenvalue weighted by atomic mass is 15.1. The molecule has 0 amide bonds. The fraction of sp³-hybridized carbons (Fsp3) is 1.00. The zero-order chi connectivity index (χ0) is 24.5. The molecule has 0 saturated heterocycles. The molecule has 0 aliphatic heterocycles. The van der Waals surface area contributed by atoms with Crippen LogP contribution in [0.5, 0.6) is 0 Å². The second kappa shape index (κ2) is 26.9. The van der Waals surface area contributed by atoms with Crippen molar-refractivity contribution < 1.29 is 0 Å². The molecule has 0 aromatic rings. The van der Waals surface area contributed by atoms with Gasteiger partial charge in [0.1, 0.15) is 0 Å². The van der Waals surface area contributed by atoms with Gasteiger partial charge in [-0.15, -0.1) is 0 Å². The third-order valence-corrected chi connectivity index (χ3v) is 5.58. The van der Waals surface area contributed by atoms with E-state index in [4.69, 9.17) is 11.5 Å². The summed E-state index contributed by atoms with van der Waals surface area (Å²) >= 11 is 0. The largest absolute Gasteiger partial charge is 0.330 e. The van der Waals surface area contributed by atoms with E-state index >= 15 is 0 Å². The van der Waals surface area contributed by atoms with Crippen LogP contribution in [0.25, 0.3) is 0 Å². The summed E-state index contributed by atoms with van der Waals surface area (Å²) < 4.78 is 0. The predicted molar refractivity (Wildman–Crippen MR) is 144 cm³/mol. The first-order chi connectivity index (χ1) is 15.4. The highest BCUT2D eigenvalue weighted by Crippen LogP contribution is 1.96.